The van der Waals surface area contributed by atoms with Crippen molar-refractivity contribution in [2.24, 2.45) is 0 Å². The van der Waals surface area contributed by atoms with E-state index in [1.165, 1.54) is 0 Å². The molecule has 0 spiro atoms. The molecule has 0 aliphatic heterocycles. The molecule has 2 rings (SSSR count). The molecular formula is C15H12F4N4O. The van der Waals surface area contributed by atoms with Crippen molar-refractivity contribution in [2.45, 2.75) is 20.0 Å². The Morgan fingerprint density at radius 2 is 1.92 bits per heavy atom. The van der Waals surface area contributed by atoms with Crippen LogP contribution in [0.3, 0.4) is 0 Å². The topological polar surface area (TPSA) is 67.8 Å². The molecule has 24 heavy (non-hydrogen) atoms. The lowest BCUT2D eigenvalue weighted by Gasteiger charge is -2.13. The number of carbonyl (C=O) groups excluding carboxylic acids is 1. The average molecular weight is 340 g/mol. The van der Waals surface area contributed by atoms with Crippen molar-refractivity contribution in [3.63, 3.8) is 0 Å². The van der Waals surface area contributed by atoms with Gasteiger partial charge in [-0.3, -0.25) is 9.78 Å². The summed E-state index contributed by atoms with van der Waals surface area (Å²) in [7, 11) is 0. The summed E-state index contributed by atoms with van der Waals surface area (Å²) in [6.07, 6.45) is -0.814. The molecule has 0 aliphatic carbocycles. The predicted molar refractivity (Wildman–Crippen MR) is 78.3 cm³/mol. The van der Waals surface area contributed by atoms with Gasteiger partial charge >= 0.3 is 6.18 Å². The van der Waals surface area contributed by atoms with Gasteiger partial charge in [-0.25, -0.2) is 14.4 Å². The van der Waals surface area contributed by atoms with Crippen LogP contribution in [0.1, 0.15) is 19.5 Å². The van der Waals surface area contributed by atoms with Crippen LogP contribution in [0.4, 0.5) is 23.2 Å². The maximum absolute atomic E-state index is 13.2. The lowest BCUT2D eigenvalue weighted by molar-refractivity contribution is -0.140. The third-order valence-electron chi connectivity index (χ3n) is 2.70. The van der Waals surface area contributed by atoms with E-state index in [4.69, 9.17) is 0 Å². The fraction of sp³-hybridized carbons (Fsp3) is 0.200. The number of hydrogen-bond donors (Lipinski definition) is 1. The fourth-order valence-corrected chi connectivity index (χ4v) is 1.79. The monoisotopic (exact) mass is 340 g/mol. The van der Waals surface area contributed by atoms with Gasteiger partial charge in [0.25, 0.3) is 0 Å². The summed E-state index contributed by atoms with van der Waals surface area (Å²) in [6, 6.07) is 0.962. The number of nitrogens with zero attached hydrogens (tertiary/aromatic N) is 3. The Bertz CT molecular complexity index is 798. The van der Waals surface area contributed by atoms with Crippen LogP contribution in [0.15, 0.2) is 36.3 Å². The maximum Gasteiger partial charge on any atom is 0.435 e. The van der Waals surface area contributed by atoms with Crippen LogP contribution in [-0.2, 0) is 11.0 Å². The number of rotatable bonds is 3. The van der Waals surface area contributed by atoms with Crippen LogP contribution in [0.25, 0.3) is 11.4 Å². The van der Waals surface area contributed by atoms with Gasteiger partial charge in [-0.05, 0) is 19.9 Å². The van der Waals surface area contributed by atoms with Crippen molar-refractivity contribution in [3.05, 3.63) is 47.8 Å². The number of hydrogen-bond acceptors (Lipinski definition) is 4. The summed E-state index contributed by atoms with van der Waals surface area (Å²) in [5, 5.41) is 2.09. The van der Waals surface area contributed by atoms with Gasteiger partial charge in [0.05, 0.1) is 18.1 Å². The normalized spacial score (nSPS) is 11.1. The first-order valence-corrected chi connectivity index (χ1v) is 6.68. The van der Waals surface area contributed by atoms with Gasteiger partial charge in [0.15, 0.2) is 11.5 Å². The molecule has 126 valence electrons. The summed E-state index contributed by atoms with van der Waals surface area (Å²) in [5.41, 5.74) is -1.31. The van der Waals surface area contributed by atoms with Crippen molar-refractivity contribution < 1.29 is 22.4 Å². The Kier molecular flexibility index (Phi) is 4.91. The molecule has 9 heteroatoms. The third kappa shape index (κ3) is 4.34. The van der Waals surface area contributed by atoms with E-state index in [0.29, 0.717) is 5.57 Å². The second-order valence-corrected chi connectivity index (χ2v) is 5.06. The highest BCUT2D eigenvalue weighted by molar-refractivity contribution is 6.00. The van der Waals surface area contributed by atoms with Crippen LogP contribution in [0, 0.1) is 5.82 Å². The second-order valence-electron chi connectivity index (χ2n) is 5.06. The minimum atomic E-state index is -4.83. The average Bonchev–Trinajstić information content (AvgIpc) is 2.45. The predicted octanol–water partition coefficient (Wildman–Crippen LogP) is 3.60. The molecule has 0 unspecified atom stereocenters. The van der Waals surface area contributed by atoms with Gasteiger partial charge < -0.3 is 5.32 Å². The number of aromatic nitrogens is 3. The highest BCUT2D eigenvalue weighted by Gasteiger charge is 2.36. The molecule has 1 amide bonds. The van der Waals surface area contributed by atoms with E-state index in [0.717, 1.165) is 30.7 Å². The summed E-state index contributed by atoms with van der Waals surface area (Å²) in [4.78, 5) is 22.3. The molecule has 0 saturated carbocycles. The number of amides is 1. The minimum absolute atomic E-state index is 0.0114. The zero-order valence-electron chi connectivity index (χ0n) is 12.6. The van der Waals surface area contributed by atoms with Crippen LogP contribution >= 0.6 is 0 Å². The molecule has 0 aliphatic rings. The van der Waals surface area contributed by atoms with E-state index in [1.54, 1.807) is 13.8 Å². The van der Waals surface area contributed by atoms with Gasteiger partial charge in [-0.2, -0.15) is 13.2 Å². The first kappa shape index (κ1) is 17.5. The standard InChI is InChI=1S/C15H12F4N4O/c1-8(2)3-12(24)22-11-7-21-14(23-13(11)15(17,18)19)9-4-10(16)6-20-5-9/h3-7H,1-2H3,(H,22,24). The van der Waals surface area contributed by atoms with Crippen LogP contribution in [-0.4, -0.2) is 20.9 Å². The van der Waals surface area contributed by atoms with Crippen molar-refractivity contribution in [2.75, 3.05) is 5.32 Å². The van der Waals surface area contributed by atoms with Gasteiger partial charge in [0.1, 0.15) is 5.82 Å². The number of halogens is 4. The lowest BCUT2D eigenvalue weighted by Crippen LogP contribution is -2.17. The molecule has 0 aromatic carbocycles. The van der Waals surface area contributed by atoms with E-state index in [1.807, 2.05) is 0 Å². The third-order valence-corrected chi connectivity index (χ3v) is 2.70. The van der Waals surface area contributed by atoms with Crippen LogP contribution in [0.5, 0.6) is 0 Å². The Labute approximate surface area is 134 Å². The zero-order valence-corrected chi connectivity index (χ0v) is 12.6. The van der Waals surface area contributed by atoms with E-state index in [2.05, 4.69) is 20.3 Å². The lowest BCUT2D eigenvalue weighted by atomic mass is 10.2. The molecule has 2 aromatic heterocycles. The Morgan fingerprint density at radius 1 is 1.21 bits per heavy atom. The van der Waals surface area contributed by atoms with Gasteiger partial charge in [0.2, 0.25) is 5.91 Å². The van der Waals surface area contributed by atoms with Crippen molar-refractivity contribution >= 4 is 11.6 Å². The van der Waals surface area contributed by atoms with E-state index < -0.39 is 29.3 Å². The number of allylic oxidation sites excluding steroid dienone is 1. The molecule has 5 nitrogen and oxygen atoms in total. The van der Waals surface area contributed by atoms with Crippen molar-refractivity contribution in [1.29, 1.82) is 0 Å². The summed E-state index contributed by atoms with van der Waals surface area (Å²) in [5.74, 6) is -1.82. The quantitative estimate of drug-likeness (QED) is 0.685. The molecule has 0 fully saturated rings. The highest BCUT2D eigenvalue weighted by atomic mass is 19.4. The first-order valence-electron chi connectivity index (χ1n) is 6.68. The molecule has 1 N–H and O–H groups in total. The maximum atomic E-state index is 13.2. The Morgan fingerprint density at radius 3 is 2.50 bits per heavy atom. The van der Waals surface area contributed by atoms with E-state index in [-0.39, 0.29) is 11.4 Å². The van der Waals surface area contributed by atoms with Gasteiger partial charge in [-0.1, -0.05) is 5.57 Å². The van der Waals surface area contributed by atoms with E-state index >= 15 is 0 Å². The number of anilines is 1. The smallest absolute Gasteiger partial charge is 0.319 e. The largest absolute Gasteiger partial charge is 0.435 e. The van der Waals surface area contributed by atoms with Gasteiger partial charge in [0, 0.05) is 17.8 Å². The summed E-state index contributed by atoms with van der Waals surface area (Å²) < 4.78 is 52.7. The molecule has 0 bridgehead atoms. The number of nitrogens with one attached hydrogen (secondary N) is 1. The molecule has 0 radical (unpaired) electrons. The first-order chi connectivity index (χ1) is 11.2. The summed E-state index contributed by atoms with van der Waals surface area (Å²) >= 11 is 0. The molecule has 2 heterocycles. The number of alkyl halides is 3. The number of pyridine rings is 1. The van der Waals surface area contributed by atoms with Crippen molar-refractivity contribution in [3.8, 4) is 11.4 Å². The molecule has 2 aromatic rings. The summed E-state index contributed by atoms with van der Waals surface area (Å²) in [6.45, 7) is 3.25. The van der Waals surface area contributed by atoms with Crippen LogP contribution < -0.4 is 5.32 Å². The Hall–Kier alpha value is -2.84. The molecule has 0 saturated heterocycles. The highest BCUT2D eigenvalue weighted by Crippen LogP contribution is 2.34. The SMILES string of the molecule is CC(C)=CC(=O)Nc1cnc(-c2cncc(F)c2)nc1C(F)(F)F. The van der Waals surface area contributed by atoms with Crippen LogP contribution in [0.2, 0.25) is 0 Å². The number of carbonyl (C=O) groups is 1. The van der Waals surface area contributed by atoms with Crippen molar-refractivity contribution in [1.82, 2.24) is 15.0 Å². The minimum Gasteiger partial charge on any atom is -0.319 e. The van der Waals surface area contributed by atoms with E-state index in [9.17, 15) is 22.4 Å². The molecule has 0 atom stereocenters. The Balaban J connectivity index is 2.47. The molecular weight excluding hydrogens is 328 g/mol. The fourth-order valence-electron chi connectivity index (χ4n) is 1.79. The van der Waals surface area contributed by atoms with Gasteiger partial charge in [-0.15, -0.1) is 0 Å². The second kappa shape index (κ2) is 6.73. The zero-order chi connectivity index (χ0) is 17.9.